The van der Waals surface area contributed by atoms with E-state index in [2.05, 4.69) is 38.0 Å². The lowest BCUT2D eigenvalue weighted by Crippen LogP contribution is -2.15. The van der Waals surface area contributed by atoms with E-state index in [9.17, 15) is 10.2 Å². The lowest BCUT2D eigenvalue weighted by atomic mass is 9.83. The van der Waals surface area contributed by atoms with Crippen molar-refractivity contribution in [3.05, 3.63) is 23.7 Å². The molecule has 8 heteroatoms. The summed E-state index contributed by atoms with van der Waals surface area (Å²) in [5.41, 5.74) is 0.210. The highest BCUT2D eigenvalue weighted by Crippen LogP contribution is 2.30. The summed E-state index contributed by atoms with van der Waals surface area (Å²) in [4.78, 5) is 0. The van der Waals surface area contributed by atoms with Gasteiger partial charge in [0, 0.05) is 51.4 Å². The van der Waals surface area contributed by atoms with Gasteiger partial charge < -0.3 is 28.7 Å². The standard InChI is InChI=1S/C25H42N2O6/c1-24(2,18-20-16-22(28)26-32-20)10-5-7-12-30-14-9-15-31-13-8-6-11-25(3,4)19-21-17-23(29)27-33-21/h16-17H,5-15,18-19H2,1-4H3,(H,26,28)(H,27,29). The van der Waals surface area contributed by atoms with Gasteiger partial charge in [-0.15, -0.1) is 0 Å². The third-order valence-corrected chi connectivity index (χ3v) is 5.76. The van der Waals surface area contributed by atoms with E-state index in [1.807, 2.05) is 0 Å². The second-order valence-electron chi connectivity index (χ2n) is 10.5. The molecule has 2 N–H and O–H groups in total. The van der Waals surface area contributed by atoms with E-state index in [-0.39, 0.29) is 22.6 Å². The number of ether oxygens (including phenoxy) is 2. The van der Waals surface area contributed by atoms with E-state index >= 15 is 0 Å². The van der Waals surface area contributed by atoms with Crippen molar-refractivity contribution in [3.8, 4) is 11.8 Å². The number of unbranched alkanes of at least 4 members (excludes halogenated alkanes) is 2. The molecule has 188 valence electrons. The fraction of sp³-hybridized carbons (Fsp3) is 0.760. The lowest BCUT2D eigenvalue weighted by Gasteiger charge is -2.23. The van der Waals surface area contributed by atoms with Crippen molar-refractivity contribution < 1.29 is 28.7 Å². The molecular formula is C25H42N2O6. The third kappa shape index (κ3) is 12.1. The van der Waals surface area contributed by atoms with Crippen LogP contribution in [0.5, 0.6) is 11.8 Å². The van der Waals surface area contributed by atoms with Crippen LogP contribution in [0.3, 0.4) is 0 Å². The van der Waals surface area contributed by atoms with E-state index in [4.69, 9.17) is 18.5 Å². The van der Waals surface area contributed by atoms with Crippen molar-refractivity contribution >= 4 is 0 Å². The summed E-state index contributed by atoms with van der Waals surface area (Å²) >= 11 is 0. The smallest absolute Gasteiger partial charge is 0.251 e. The molecule has 0 aliphatic rings. The molecule has 0 aromatic carbocycles. The molecule has 33 heavy (non-hydrogen) atoms. The van der Waals surface area contributed by atoms with Crippen molar-refractivity contribution in [2.75, 3.05) is 26.4 Å². The van der Waals surface area contributed by atoms with Crippen LogP contribution >= 0.6 is 0 Å². The monoisotopic (exact) mass is 466 g/mol. The van der Waals surface area contributed by atoms with Crippen LogP contribution in [0.4, 0.5) is 0 Å². The van der Waals surface area contributed by atoms with Crippen LogP contribution in [0.1, 0.15) is 84.2 Å². The molecule has 0 unspecified atom stereocenters. The van der Waals surface area contributed by atoms with Crippen LogP contribution in [-0.4, -0.2) is 47.0 Å². The summed E-state index contributed by atoms with van der Waals surface area (Å²) in [7, 11) is 0. The molecular weight excluding hydrogens is 424 g/mol. The van der Waals surface area contributed by atoms with Crippen molar-refractivity contribution in [2.24, 2.45) is 10.8 Å². The number of hydrogen-bond acceptors (Lipinski definition) is 8. The Hall–Kier alpha value is -2.06. The van der Waals surface area contributed by atoms with Gasteiger partial charge in [0.05, 0.1) is 0 Å². The molecule has 0 fully saturated rings. The average Bonchev–Trinajstić information content (AvgIpc) is 3.31. The Kier molecular flexibility index (Phi) is 11.2. The van der Waals surface area contributed by atoms with Gasteiger partial charge in [-0.25, -0.2) is 0 Å². The summed E-state index contributed by atoms with van der Waals surface area (Å²) in [6.07, 6.45) is 8.85. The van der Waals surface area contributed by atoms with Gasteiger partial charge in [0.1, 0.15) is 11.5 Å². The largest absolute Gasteiger partial charge is 0.491 e. The maximum absolute atomic E-state index is 9.27. The molecule has 2 aromatic rings. The fourth-order valence-corrected chi connectivity index (χ4v) is 3.97. The Morgan fingerprint density at radius 2 is 1.06 bits per heavy atom. The molecule has 8 nitrogen and oxygen atoms in total. The van der Waals surface area contributed by atoms with Crippen molar-refractivity contribution in [1.82, 2.24) is 10.3 Å². The minimum Gasteiger partial charge on any atom is -0.491 e. The van der Waals surface area contributed by atoms with E-state index in [1.165, 1.54) is 0 Å². The zero-order chi connectivity index (χ0) is 24.2. The molecule has 0 aliphatic heterocycles. The fourth-order valence-electron chi connectivity index (χ4n) is 3.97. The minimum atomic E-state index is -0.0521. The number of rotatable bonds is 18. The molecule has 0 aliphatic carbocycles. The van der Waals surface area contributed by atoms with Crippen LogP contribution in [-0.2, 0) is 22.3 Å². The molecule has 2 heterocycles. The van der Waals surface area contributed by atoms with E-state index in [0.717, 1.165) is 95.7 Å². The molecule has 0 amide bonds. The molecule has 0 atom stereocenters. The molecule has 2 rings (SSSR count). The predicted molar refractivity (Wildman–Crippen MR) is 125 cm³/mol. The van der Waals surface area contributed by atoms with Crippen molar-refractivity contribution in [2.45, 2.75) is 85.5 Å². The van der Waals surface area contributed by atoms with Gasteiger partial charge in [-0.1, -0.05) is 40.5 Å². The maximum atomic E-state index is 9.27. The van der Waals surface area contributed by atoms with Crippen LogP contribution in [0.15, 0.2) is 21.2 Å². The Bertz CT molecular complexity index is 719. The predicted octanol–water partition coefficient (Wildman–Crippen LogP) is 5.68. The van der Waals surface area contributed by atoms with E-state index < -0.39 is 0 Å². The minimum absolute atomic E-state index is 0.0521. The van der Waals surface area contributed by atoms with Gasteiger partial charge in [0.15, 0.2) is 0 Å². The summed E-state index contributed by atoms with van der Waals surface area (Å²) in [6.45, 7) is 11.8. The second kappa shape index (κ2) is 13.6. The Balaban J connectivity index is 1.37. The zero-order valence-electron chi connectivity index (χ0n) is 20.8. The van der Waals surface area contributed by atoms with Crippen molar-refractivity contribution in [3.63, 3.8) is 0 Å². The first-order chi connectivity index (χ1) is 15.7. The summed E-state index contributed by atoms with van der Waals surface area (Å²) in [6, 6.07) is 3.17. The number of aromatic nitrogens is 2. The van der Waals surface area contributed by atoms with Crippen molar-refractivity contribution in [1.29, 1.82) is 0 Å². The first-order valence-corrected chi connectivity index (χ1v) is 12.1. The van der Waals surface area contributed by atoms with Gasteiger partial charge in [0.25, 0.3) is 11.8 Å². The Labute approximate surface area is 197 Å². The quantitative estimate of drug-likeness (QED) is 0.270. The highest BCUT2D eigenvalue weighted by atomic mass is 16.5. The third-order valence-electron chi connectivity index (χ3n) is 5.76. The van der Waals surface area contributed by atoms with E-state index in [0.29, 0.717) is 0 Å². The molecule has 0 spiro atoms. The van der Waals surface area contributed by atoms with Crippen LogP contribution in [0.25, 0.3) is 0 Å². The summed E-state index contributed by atoms with van der Waals surface area (Å²) in [5, 5.41) is 25.6. The molecule has 0 saturated carbocycles. The van der Waals surface area contributed by atoms with Crippen LogP contribution in [0, 0.1) is 10.8 Å². The molecule has 0 saturated heterocycles. The maximum Gasteiger partial charge on any atom is 0.251 e. The molecule has 0 radical (unpaired) electrons. The first kappa shape index (κ1) is 27.2. The highest BCUT2D eigenvalue weighted by Gasteiger charge is 2.21. The molecule has 0 bridgehead atoms. The average molecular weight is 467 g/mol. The Morgan fingerprint density at radius 1 is 0.667 bits per heavy atom. The van der Waals surface area contributed by atoms with Crippen LogP contribution < -0.4 is 0 Å². The lowest BCUT2D eigenvalue weighted by molar-refractivity contribution is 0.0777. The highest BCUT2D eigenvalue weighted by molar-refractivity contribution is 5.10. The first-order valence-electron chi connectivity index (χ1n) is 12.1. The molecule has 2 aromatic heterocycles. The van der Waals surface area contributed by atoms with Crippen LogP contribution in [0.2, 0.25) is 0 Å². The summed E-state index contributed by atoms with van der Waals surface area (Å²) in [5.74, 6) is 1.35. The topological polar surface area (TPSA) is 111 Å². The van der Waals surface area contributed by atoms with Gasteiger partial charge >= 0.3 is 0 Å². The van der Waals surface area contributed by atoms with Gasteiger partial charge in [-0.3, -0.25) is 0 Å². The number of aromatic hydroxyl groups is 2. The Morgan fingerprint density at radius 3 is 1.42 bits per heavy atom. The summed E-state index contributed by atoms with van der Waals surface area (Å²) < 4.78 is 21.7. The zero-order valence-corrected chi connectivity index (χ0v) is 20.8. The normalized spacial score (nSPS) is 12.5. The second-order valence-corrected chi connectivity index (χ2v) is 10.5. The van der Waals surface area contributed by atoms with Gasteiger partial charge in [0.2, 0.25) is 0 Å². The van der Waals surface area contributed by atoms with Gasteiger partial charge in [-0.05, 0) is 53.2 Å². The van der Waals surface area contributed by atoms with E-state index in [1.54, 1.807) is 12.1 Å². The number of nitrogens with zero attached hydrogens (tertiary/aromatic N) is 2. The number of hydrogen-bond donors (Lipinski definition) is 2. The SMILES string of the molecule is CC(C)(CCCCOCCCOCCCCC(C)(C)Cc1cc(O)no1)Cc1cc(O)no1. The van der Waals surface area contributed by atoms with Gasteiger partial charge in [-0.2, -0.15) is 0 Å².